The predicted molar refractivity (Wildman–Crippen MR) is 91.2 cm³/mol. The molecule has 0 aliphatic heterocycles. The van der Waals surface area contributed by atoms with Crippen LogP contribution >= 0.6 is 0 Å². The number of Topliss-reactive ketones (excluding diaryl/α,β-unsaturated/α-hetero) is 1. The number of hydrogen-bond donors (Lipinski definition) is 0. The summed E-state index contributed by atoms with van der Waals surface area (Å²) in [6.45, 7) is 0. The summed E-state index contributed by atoms with van der Waals surface area (Å²) in [6, 6.07) is 22.1. The molecule has 1 heterocycles. The Balaban J connectivity index is 2.13. The van der Waals surface area contributed by atoms with Gasteiger partial charge in [-0.25, -0.2) is 0 Å². The second kappa shape index (κ2) is 6.71. The van der Waals surface area contributed by atoms with Crippen molar-refractivity contribution in [3.63, 3.8) is 0 Å². The lowest BCUT2D eigenvalue weighted by atomic mass is 10.1. The molecule has 2 aromatic carbocycles. The van der Waals surface area contributed by atoms with Crippen LogP contribution in [0, 0.1) is 0 Å². The lowest BCUT2D eigenvalue weighted by molar-refractivity contribution is 0.105. The van der Waals surface area contributed by atoms with E-state index in [1.807, 2.05) is 48.5 Å². The number of benzene rings is 2. The van der Waals surface area contributed by atoms with Gasteiger partial charge in [-0.05, 0) is 23.8 Å². The average molecular weight is 301 g/mol. The van der Waals surface area contributed by atoms with Crippen molar-refractivity contribution in [3.05, 3.63) is 95.8 Å². The van der Waals surface area contributed by atoms with E-state index in [1.165, 1.54) is 0 Å². The van der Waals surface area contributed by atoms with Gasteiger partial charge in [0.15, 0.2) is 6.29 Å². The molecule has 0 unspecified atom stereocenters. The fourth-order valence-corrected chi connectivity index (χ4v) is 2.40. The largest absolute Gasteiger partial charge is 0.311 e. The first-order valence-electron chi connectivity index (χ1n) is 7.29. The maximum Gasteiger partial charge on any atom is 0.209 e. The molecule has 0 saturated carbocycles. The summed E-state index contributed by atoms with van der Waals surface area (Å²) in [5.74, 6) is -0.131. The molecule has 0 bridgehead atoms. The van der Waals surface area contributed by atoms with E-state index in [4.69, 9.17) is 0 Å². The summed E-state index contributed by atoms with van der Waals surface area (Å²) >= 11 is 0. The number of aldehydes is 1. The summed E-state index contributed by atoms with van der Waals surface area (Å²) in [7, 11) is 0. The highest BCUT2D eigenvalue weighted by Crippen LogP contribution is 2.19. The van der Waals surface area contributed by atoms with Crippen LogP contribution in [0.25, 0.3) is 11.8 Å². The van der Waals surface area contributed by atoms with Crippen LogP contribution < -0.4 is 0 Å². The highest BCUT2D eigenvalue weighted by atomic mass is 16.1. The maximum absolute atomic E-state index is 12.9. The number of carbonyl (C=O) groups excluding carboxylic acids is 2. The van der Waals surface area contributed by atoms with E-state index >= 15 is 0 Å². The molecular weight excluding hydrogens is 286 g/mol. The number of aromatic nitrogens is 1. The molecule has 0 aliphatic rings. The van der Waals surface area contributed by atoms with Crippen LogP contribution in [-0.4, -0.2) is 16.6 Å². The molecule has 1 aromatic heterocycles. The Morgan fingerprint density at radius 3 is 2.13 bits per heavy atom. The second-order valence-corrected chi connectivity index (χ2v) is 5.06. The Kier molecular flexibility index (Phi) is 4.29. The van der Waals surface area contributed by atoms with Gasteiger partial charge >= 0.3 is 0 Å². The zero-order chi connectivity index (χ0) is 16.1. The van der Waals surface area contributed by atoms with Gasteiger partial charge in [0.05, 0.1) is 11.4 Å². The zero-order valence-electron chi connectivity index (χ0n) is 12.4. The van der Waals surface area contributed by atoms with E-state index in [9.17, 15) is 9.59 Å². The molecule has 0 spiro atoms. The molecule has 0 N–H and O–H groups in total. The minimum absolute atomic E-state index is 0.131. The van der Waals surface area contributed by atoms with Crippen LogP contribution in [0.1, 0.15) is 26.4 Å². The van der Waals surface area contributed by atoms with E-state index in [2.05, 4.69) is 0 Å². The Bertz CT molecular complexity index is 846. The number of rotatable bonds is 5. The van der Waals surface area contributed by atoms with E-state index in [-0.39, 0.29) is 5.78 Å². The molecule has 0 radical (unpaired) electrons. The van der Waals surface area contributed by atoms with E-state index in [1.54, 1.807) is 41.1 Å². The van der Waals surface area contributed by atoms with Crippen LogP contribution in [0.5, 0.6) is 0 Å². The third-order valence-corrected chi connectivity index (χ3v) is 3.53. The summed E-state index contributed by atoms with van der Waals surface area (Å²) < 4.78 is 1.62. The first-order chi connectivity index (χ1) is 11.3. The van der Waals surface area contributed by atoms with Gasteiger partial charge in [-0.1, -0.05) is 60.7 Å². The number of carbonyl (C=O) groups is 2. The standard InChI is InChI=1S/C20H15NO2/c22-15-18-12-7-13-21(18)19(14-16-8-3-1-4-9-16)20(23)17-10-5-2-6-11-17/h1-15H/b19-14-. The predicted octanol–water partition coefficient (Wildman–Crippen LogP) is 4.18. The van der Waals surface area contributed by atoms with Crippen LogP contribution in [0.15, 0.2) is 79.0 Å². The average Bonchev–Trinajstić information content (AvgIpc) is 3.09. The Morgan fingerprint density at radius 2 is 1.48 bits per heavy atom. The van der Waals surface area contributed by atoms with Gasteiger partial charge in [0, 0.05) is 11.8 Å². The fourth-order valence-electron chi connectivity index (χ4n) is 2.40. The van der Waals surface area contributed by atoms with Crippen molar-refractivity contribution >= 4 is 23.8 Å². The van der Waals surface area contributed by atoms with Gasteiger partial charge in [-0.15, -0.1) is 0 Å². The minimum Gasteiger partial charge on any atom is -0.311 e. The molecule has 3 rings (SSSR count). The molecule has 3 heteroatoms. The summed E-state index contributed by atoms with van der Waals surface area (Å²) in [5, 5.41) is 0. The van der Waals surface area contributed by atoms with Gasteiger partial charge in [0.25, 0.3) is 0 Å². The van der Waals surface area contributed by atoms with Crippen molar-refractivity contribution in [2.75, 3.05) is 0 Å². The molecule has 0 saturated heterocycles. The van der Waals surface area contributed by atoms with Gasteiger partial charge in [-0.3, -0.25) is 9.59 Å². The lowest BCUT2D eigenvalue weighted by Gasteiger charge is -2.11. The van der Waals surface area contributed by atoms with Gasteiger partial charge in [-0.2, -0.15) is 0 Å². The summed E-state index contributed by atoms with van der Waals surface area (Å²) in [6.07, 6.45) is 4.26. The van der Waals surface area contributed by atoms with E-state index in [0.717, 1.165) is 11.8 Å². The quantitative estimate of drug-likeness (QED) is 0.403. The Morgan fingerprint density at radius 1 is 0.826 bits per heavy atom. The van der Waals surface area contributed by atoms with Crippen LogP contribution in [0.2, 0.25) is 0 Å². The topological polar surface area (TPSA) is 39.1 Å². The lowest BCUT2D eigenvalue weighted by Crippen LogP contribution is -2.10. The molecule has 112 valence electrons. The number of ketones is 1. The molecule has 23 heavy (non-hydrogen) atoms. The van der Waals surface area contributed by atoms with Crippen molar-refractivity contribution in [3.8, 4) is 0 Å². The molecule has 0 atom stereocenters. The first kappa shape index (κ1) is 14.7. The van der Waals surface area contributed by atoms with Crippen molar-refractivity contribution in [1.82, 2.24) is 4.57 Å². The molecule has 0 aliphatic carbocycles. The van der Waals surface area contributed by atoms with Crippen molar-refractivity contribution in [2.45, 2.75) is 0 Å². The van der Waals surface area contributed by atoms with Gasteiger partial charge in [0.1, 0.15) is 0 Å². The highest BCUT2D eigenvalue weighted by molar-refractivity contribution is 6.28. The number of nitrogens with zero attached hydrogens (tertiary/aromatic N) is 1. The molecule has 3 nitrogen and oxygen atoms in total. The number of hydrogen-bond acceptors (Lipinski definition) is 2. The third-order valence-electron chi connectivity index (χ3n) is 3.53. The smallest absolute Gasteiger partial charge is 0.209 e. The zero-order valence-corrected chi connectivity index (χ0v) is 12.4. The van der Waals surface area contributed by atoms with Gasteiger partial charge in [0.2, 0.25) is 5.78 Å². The maximum atomic E-state index is 12.9. The van der Waals surface area contributed by atoms with E-state index < -0.39 is 0 Å². The van der Waals surface area contributed by atoms with Crippen molar-refractivity contribution in [2.24, 2.45) is 0 Å². The molecule has 0 amide bonds. The first-order valence-corrected chi connectivity index (χ1v) is 7.29. The van der Waals surface area contributed by atoms with E-state index in [0.29, 0.717) is 17.0 Å². The SMILES string of the molecule is O=Cc1cccn1/C(=C\c1ccccc1)C(=O)c1ccccc1. The third kappa shape index (κ3) is 3.19. The monoisotopic (exact) mass is 301 g/mol. The fraction of sp³-hybridized carbons (Fsp3) is 0. The molecule has 0 fully saturated rings. The summed E-state index contributed by atoms with van der Waals surface area (Å²) in [4.78, 5) is 24.2. The van der Waals surface area contributed by atoms with Crippen LogP contribution in [-0.2, 0) is 0 Å². The number of allylic oxidation sites excluding steroid dienone is 1. The van der Waals surface area contributed by atoms with Crippen LogP contribution in [0.3, 0.4) is 0 Å². The van der Waals surface area contributed by atoms with Crippen molar-refractivity contribution < 1.29 is 9.59 Å². The second-order valence-electron chi connectivity index (χ2n) is 5.06. The molecule has 3 aromatic rings. The van der Waals surface area contributed by atoms with Crippen molar-refractivity contribution in [1.29, 1.82) is 0 Å². The van der Waals surface area contributed by atoms with Crippen LogP contribution in [0.4, 0.5) is 0 Å². The Labute approximate surface area is 134 Å². The minimum atomic E-state index is -0.131. The summed E-state index contributed by atoms with van der Waals surface area (Å²) in [5.41, 5.74) is 2.36. The normalized spacial score (nSPS) is 11.2. The Hall–Kier alpha value is -3.20. The highest BCUT2D eigenvalue weighted by Gasteiger charge is 2.16. The van der Waals surface area contributed by atoms with Gasteiger partial charge < -0.3 is 4.57 Å². The molecular formula is C20H15NO2.